The third kappa shape index (κ3) is 4.92. The number of ether oxygens (including phenoxy) is 1. The number of allylic oxidation sites excluding steroid dienone is 2. The minimum Gasteiger partial charge on any atom is -0.508 e. The summed E-state index contributed by atoms with van der Waals surface area (Å²) in [5, 5.41) is 13.0. The van der Waals surface area contributed by atoms with Crippen LogP contribution in [0.25, 0.3) is 11.1 Å². The molecule has 0 bridgehead atoms. The van der Waals surface area contributed by atoms with Crippen molar-refractivity contribution in [2.45, 2.75) is 32.3 Å². The Bertz CT molecular complexity index is 970. The quantitative estimate of drug-likeness (QED) is 0.501. The van der Waals surface area contributed by atoms with Gasteiger partial charge in [0.2, 0.25) is 0 Å². The zero-order valence-electron chi connectivity index (χ0n) is 17.5. The van der Waals surface area contributed by atoms with E-state index in [1.165, 1.54) is 27.8 Å². The van der Waals surface area contributed by atoms with Gasteiger partial charge in [0.25, 0.3) is 0 Å². The zero-order chi connectivity index (χ0) is 20.8. The van der Waals surface area contributed by atoms with Crippen LogP contribution in [0.2, 0.25) is 0 Å². The lowest BCUT2D eigenvalue weighted by Gasteiger charge is -2.17. The van der Waals surface area contributed by atoms with Gasteiger partial charge < -0.3 is 15.2 Å². The van der Waals surface area contributed by atoms with Crippen LogP contribution in [0.3, 0.4) is 0 Å². The monoisotopic (exact) mass is 399 g/mol. The lowest BCUT2D eigenvalue weighted by Crippen LogP contribution is -2.19. The fraction of sp³-hybridized carbons (Fsp3) is 0.259. The van der Waals surface area contributed by atoms with E-state index >= 15 is 0 Å². The van der Waals surface area contributed by atoms with Crippen LogP contribution >= 0.6 is 0 Å². The summed E-state index contributed by atoms with van der Waals surface area (Å²) in [6, 6.07) is 26.6. The summed E-state index contributed by atoms with van der Waals surface area (Å²) >= 11 is 0. The second-order valence-corrected chi connectivity index (χ2v) is 7.78. The number of hydrogen-bond donors (Lipinski definition) is 2. The minimum atomic E-state index is 0.262. The van der Waals surface area contributed by atoms with Gasteiger partial charge in [0, 0.05) is 6.54 Å². The van der Waals surface area contributed by atoms with Crippen LogP contribution in [-0.4, -0.2) is 24.3 Å². The van der Waals surface area contributed by atoms with Crippen molar-refractivity contribution < 1.29 is 9.84 Å². The molecule has 1 fully saturated rings. The molecule has 3 heteroatoms. The molecule has 3 nitrogen and oxygen atoms in total. The molecule has 2 N–H and O–H groups in total. The summed E-state index contributed by atoms with van der Waals surface area (Å²) in [5.74, 6) is 1.22. The molecule has 1 aliphatic rings. The second kappa shape index (κ2) is 9.64. The van der Waals surface area contributed by atoms with E-state index in [9.17, 15) is 5.11 Å². The van der Waals surface area contributed by atoms with E-state index in [-0.39, 0.29) is 6.10 Å². The molecule has 154 valence electrons. The first-order chi connectivity index (χ1) is 14.7. The van der Waals surface area contributed by atoms with Crippen molar-refractivity contribution in [3.05, 3.63) is 95.6 Å². The molecule has 0 amide bonds. The van der Waals surface area contributed by atoms with Gasteiger partial charge in [0.15, 0.2) is 0 Å². The third-order valence-corrected chi connectivity index (χ3v) is 5.68. The maximum atomic E-state index is 9.66. The highest BCUT2D eigenvalue weighted by Crippen LogP contribution is 2.33. The summed E-state index contributed by atoms with van der Waals surface area (Å²) in [4.78, 5) is 0. The number of phenolic OH excluding ortho intramolecular Hbond substituents is 1. The minimum absolute atomic E-state index is 0.262. The van der Waals surface area contributed by atoms with Crippen molar-refractivity contribution in [3.8, 4) is 11.5 Å². The Balaban J connectivity index is 1.69. The lowest BCUT2D eigenvalue weighted by atomic mass is 9.89. The lowest BCUT2D eigenvalue weighted by molar-refractivity contribution is 0.223. The van der Waals surface area contributed by atoms with E-state index in [0.717, 1.165) is 38.1 Å². The van der Waals surface area contributed by atoms with Crippen molar-refractivity contribution in [1.29, 1.82) is 0 Å². The van der Waals surface area contributed by atoms with Gasteiger partial charge in [-0.2, -0.15) is 0 Å². The third-order valence-electron chi connectivity index (χ3n) is 5.68. The molecule has 0 radical (unpaired) electrons. The predicted molar refractivity (Wildman–Crippen MR) is 124 cm³/mol. The molecule has 3 aromatic rings. The topological polar surface area (TPSA) is 41.5 Å². The Morgan fingerprint density at radius 2 is 1.60 bits per heavy atom. The molecular formula is C27H29NO2. The van der Waals surface area contributed by atoms with Gasteiger partial charge in [-0.25, -0.2) is 0 Å². The first-order valence-electron chi connectivity index (χ1n) is 10.8. The van der Waals surface area contributed by atoms with E-state index < -0.39 is 0 Å². The Morgan fingerprint density at radius 1 is 0.900 bits per heavy atom. The highest BCUT2D eigenvalue weighted by Gasteiger charge is 2.16. The predicted octanol–water partition coefficient (Wildman–Crippen LogP) is 5.70. The van der Waals surface area contributed by atoms with Crippen molar-refractivity contribution >= 4 is 11.1 Å². The Hall–Kier alpha value is -3.04. The summed E-state index contributed by atoms with van der Waals surface area (Å²) in [6.07, 6.45) is 3.08. The van der Waals surface area contributed by atoms with E-state index in [4.69, 9.17) is 4.74 Å². The molecule has 30 heavy (non-hydrogen) atoms. The number of aromatic hydroxyl groups is 1. The Kier molecular flexibility index (Phi) is 6.50. The van der Waals surface area contributed by atoms with Gasteiger partial charge in [0.05, 0.1) is 0 Å². The summed E-state index contributed by atoms with van der Waals surface area (Å²) in [5.41, 5.74) is 6.30. The van der Waals surface area contributed by atoms with Crippen LogP contribution in [0.15, 0.2) is 78.9 Å². The fourth-order valence-electron chi connectivity index (χ4n) is 4.09. The van der Waals surface area contributed by atoms with E-state index in [0.29, 0.717) is 5.75 Å². The van der Waals surface area contributed by atoms with Crippen LogP contribution < -0.4 is 10.1 Å². The maximum absolute atomic E-state index is 9.66. The van der Waals surface area contributed by atoms with Crippen LogP contribution in [-0.2, 0) is 6.42 Å². The molecule has 1 heterocycles. The van der Waals surface area contributed by atoms with Crippen LogP contribution in [0.1, 0.15) is 36.5 Å². The van der Waals surface area contributed by atoms with Crippen molar-refractivity contribution in [2.75, 3.05) is 13.1 Å². The maximum Gasteiger partial charge on any atom is 0.119 e. The zero-order valence-corrected chi connectivity index (χ0v) is 17.5. The number of rotatable bonds is 7. The summed E-state index contributed by atoms with van der Waals surface area (Å²) in [6.45, 7) is 4.16. The van der Waals surface area contributed by atoms with E-state index in [1.54, 1.807) is 12.1 Å². The fourth-order valence-corrected chi connectivity index (χ4v) is 4.09. The molecule has 3 aromatic carbocycles. The smallest absolute Gasteiger partial charge is 0.119 e. The van der Waals surface area contributed by atoms with Crippen molar-refractivity contribution in [3.63, 3.8) is 0 Å². The van der Waals surface area contributed by atoms with Gasteiger partial charge in [-0.3, -0.25) is 0 Å². The normalized spacial score (nSPS) is 16.9. The Morgan fingerprint density at radius 3 is 2.23 bits per heavy atom. The highest BCUT2D eigenvalue weighted by atomic mass is 16.5. The standard InChI is InChI=1S/C27H29NO2/c1-2-26(21-6-4-3-5-7-21)27(18-20-8-12-23(29)13-9-20)22-10-14-24(15-11-22)30-25-16-17-28-19-25/h3-15,25,28-29H,2,16-19H2,1H3. The molecule has 0 aromatic heterocycles. The Labute approximate surface area is 179 Å². The van der Waals surface area contributed by atoms with Crippen LogP contribution in [0, 0.1) is 0 Å². The molecular weight excluding hydrogens is 370 g/mol. The highest BCUT2D eigenvalue weighted by molar-refractivity contribution is 5.91. The number of benzene rings is 3. The SMILES string of the molecule is CCC(=C(Cc1ccc(O)cc1)c1ccc(OC2CCNC2)cc1)c1ccccc1. The molecule has 1 aliphatic heterocycles. The molecule has 1 unspecified atom stereocenters. The van der Waals surface area contributed by atoms with Gasteiger partial charge >= 0.3 is 0 Å². The van der Waals surface area contributed by atoms with E-state index in [1.807, 2.05) is 12.1 Å². The molecule has 4 rings (SSSR count). The summed E-state index contributed by atoms with van der Waals surface area (Å²) in [7, 11) is 0. The molecule has 0 saturated carbocycles. The summed E-state index contributed by atoms with van der Waals surface area (Å²) < 4.78 is 6.11. The first-order valence-corrected chi connectivity index (χ1v) is 10.8. The number of hydrogen-bond acceptors (Lipinski definition) is 3. The first kappa shape index (κ1) is 20.2. The van der Waals surface area contributed by atoms with Crippen molar-refractivity contribution in [1.82, 2.24) is 5.32 Å². The van der Waals surface area contributed by atoms with Gasteiger partial charge in [-0.1, -0.05) is 61.5 Å². The number of phenols is 1. The average Bonchev–Trinajstić information content (AvgIpc) is 3.29. The number of nitrogens with one attached hydrogen (secondary N) is 1. The van der Waals surface area contributed by atoms with E-state index in [2.05, 4.69) is 66.8 Å². The molecule has 1 atom stereocenters. The van der Waals surface area contributed by atoms with Gasteiger partial charge in [0.1, 0.15) is 17.6 Å². The molecule has 1 saturated heterocycles. The largest absolute Gasteiger partial charge is 0.508 e. The van der Waals surface area contributed by atoms with Gasteiger partial charge in [-0.05, 0) is 77.9 Å². The molecule has 0 aliphatic carbocycles. The average molecular weight is 400 g/mol. The van der Waals surface area contributed by atoms with Crippen LogP contribution in [0.5, 0.6) is 11.5 Å². The second-order valence-electron chi connectivity index (χ2n) is 7.78. The van der Waals surface area contributed by atoms with Crippen molar-refractivity contribution in [2.24, 2.45) is 0 Å². The van der Waals surface area contributed by atoms with Crippen LogP contribution in [0.4, 0.5) is 0 Å². The molecule has 0 spiro atoms. The van der Waals surface area contributed by atoms with Gasteiger partial charge in [-0.15, -0.1) is 0 Å².